The van der Waals surface area contributed by atoms with Crippen LogP contribution in [0.5, 0.6) is 5.75 Å². The molecule has 0 radical (unpaired) electrons. The molecular weight excluding hydrogens is 430 g/mol. The van der Waals surface area contributed by atoms with Crippen LogP contribution in [0.2, 0.25) is 5.02 Å². The largest absolute Gasteiger partial charge is 0.491 e. The Kier molecular flexibility index (Phi) is 6.35. The topological polar surface area (TPSA) is 40.5 Å². The van der Waals surface area contributed by atoms with E-state index in [1.54, 1.807) is 11.3 Å². The normalized spacial score (nSPS) is 11.3. The maximum absolute atomic E-state index is 12.6. The van der Waals surface area contributed by atoms with Crippen LogP contribution in [0.1, 0.15) is 36.8 Å². The van der Waals surface area contributed by atoms with Gasteiger partial charge < -0.3 is 14.0 Å². The standard InChI is InChI=1S/C25H24ClNO3S/c1-4-29-25(28)22-13-19-14-23(18-8-10-21(11-9-18)30-16(2)3)31-24(19)27(22)15-17-6-5-7-20(26)12-17/h5-14,16H,4,15H2,1-3H3. The first-order valence-electron chi connectivity index (χ1n) is 10.3. The summed E-state index contributed by atoms with van der Waals surface area (Å²) in [6, 6.07) is 19.8. The van der Waals surface area contributed by atoms with Gasteiger partial charge in [0.2, 0.25) is 0 Å². The Bertz CT molecular complexity index is 1210. The van der Waals surface area contributed by atoms with Crippen molar-refractivity contribution in [2.45, 2.75) is 33.4 Å². The number of esters is 1. The molecule has 0 unspecified atom stereocenters. The van der Waals surface area contributed by atoms with Crippen LogP contribution >= 0.6 is 22.9 Å². The Labute approximate surface area is 191 Å². The molecule has 0 N–H and O–H groups in total. The number of nitrogens with zero attached hydrogens (tertiary/aromatic N) is 1. The summed E-state index contributed by atoms with van der Waals surface area (Å²) in [5.41, 5.74) is 2.69. The van der Waals surface area contributed by atoms with Gasteiger partial charge in [0.1, 0.15) is 16.3 Å². The second-order valence-corrected chi connectivity index (χ2v) is 9.00. The van der Waals surface area contributed by atoms with E-state index in [1.807, 2.05) is 67.8 Å². The van der Waals surface area contributed by atoms with Gasteiger partial charge in [0.15, 0.2) is 0 Å². The minimum atomic E-state index is -0.315. The molecule has 160 valence electrons. The second kappa shape index (κ2) is 9.16. The van der Waals surface area contributed by atoms with Crippen LogP contribution in [0.4, 0.5) is 0 Å². The van der Waals surface area contributed by atoms with Crippen molar-refractivity contribution in [1.29, 1.82) is 0 Å². The maximum atomic E-state index is 12.6. The van der Waals surface area contributed by atoms with Gasteiger partial charge in [-0.25, -0.2) is 4.79 Å². The van der Waals surface area contributed by atoms with Crippen LogP contribution in [-0.2, 0) is 11.3 Å². The lowest BCUT2D eigenvalue weighted by atomic mass is 10.1. The molecule has 0 spiro atoms. The monoisotopic (exact) mass is 453 g/mol. The van der Waals surface area contributed by atoms with Crippen molar-refractivity contribution in [2.75, 3.05) is 6.61 Å². The third-order valence-electron chi connectivity index (χ3n) is 4.79. The summed E-state index contributed by atoms with van der Waals surface area (Å²) in [4.78, 5) is 14.8. The lowest BCUT2D eigenvalue weighted by molar-refractivity contribution is 0.0515. The first-order valence-corrected chi connectivity index (χ1v) is 11.5. The Morgan fingerprint density at radius 3 is 2.55 bits per heavy atom. The molecule has 4 aromatic rings. The van der Waals surface area contributed by atoms with Crippen molar-refractivity contribution in [2.24, 2.45) is 0 Å². The Hall–Kier alpha value is -2.76. The minimum Gasteiger partial charge on any atom is -0.491 e. The molecule has 0 saturated carbocycles. The molecule has 2 heterocycles. The van der Waals surface area contributed by atoms with Crippen molar-refractivity contribution < 1.29 is 14.3 Å². The molecule has 0 fully saturated rings. The molecule has 0 aliphatic heterocycles. The summed E-state index contributed by atoms with van der Waals surface area (Å²) in [5.74, 6) is 0.541. The molecule has 0 aliphatic rings. The molecule has 31 heavy (non-hydrogen) atoms. The van der Waals surface area contributed by atoms with Gasteiger partial charge in [-0.1, -0.05) is 23.7 Å². The number of hydrogen-bond donors (Lipinski definition) is 0. The zero-order chi connectivity index (χ0) is 22.0. The SMILES string of the molecule is CCOC(=O)c1cc2cc(-c3ccc(OC(C)C)cc3)sc2n1Cc1cccc(Cl)c1. The van der Waals surface area contributed by atoms with Gasteiger partial charge in [0, 0.05) is 21.8 Å². The number of halogens is 1. The van der Waals surface area contributed by atoms with Crippen molar-refractivity contribution >= 4 is 39.1 Å². The van der Waals surface area contributed by atoms with Gasteiger partial charge in [0.25, 0.3) is 0 Å². The third kappa shape index (κ3) is 4.78. The average Bonchev–Trinajstić information content (AvgIpc) is 3.28. The molecule has 2 aromatic heterocycles. The van der Waals surface area contributed by atoms with Crippen molar-refractivity contribution in [3.05, 3.63) is 76.9 Å². The number of ether oxygens (including phenoxy) is 2. The third-order valence-corrected chi connectivity index (χ3v) is 6.25. The van der Waals surface area contributed by atoms with Gasteiger partial charge >= 0.3 is 5.97 Å². The minimum absolute atomic E-state index is 0.142. The summed E-state index contributed by atoms with van der Waals surface area (Å²) in [6.07, 6.45) is 0.142. The van der Waals surface area contributed by atoms with E-state index in [0.717, 1.165) is 32.0 Å². The van der Waals surface area contributed by atoms with Crippen LogP contribution in [0.15, 0.2) is 60.7 Å². The average molecular weight is 454 g/mol. The fourth-order valence-electron chi connectivity index (χ4n) is 3.51. The Balaban J connectivity index is 1.73. The van der Waals surface area contributed by atoms with Gasteiger partial charge in [-0.3, -0.25) is 0 Å². The predicted molar refractivity (Wildman–Crippen MR) is 128 cm³/mol. The number of carbonyl (C=O) groups excluding carboxylic acids is 1. The Morgan fingerprint density at radius 2 is 1.87 bits per heavy atom. The van der Waals surface area contributed by atoms with Crippen LogP contribution in [0.3, 0.4) is 0 Å². The summed E-state index contributed by atoms with van der Waals surface area (Å²) in [5, 5.41) is 1.70. The highest BCUT2D eigenvalue weighted by atomic mass is 35.5. The van der Waals surface area contributed by atoms with E-state index in [1.165, 1.54) is 0 Å². The number of benzene rings is 2. The summed E-state index contributed by atoms with van der Waals surface area (Å²) in [7, 11) is 0. The highest BCUT2D eigenvalue weighted by Gasteiger charge is 2.20. The van der Waals surface area contributed by atoms with Crippen LogP contribution in [0, 0.1) is 0 Å². The van der Waals surface area contributed by atoms with Crippen molar-refractivity contribution in [3.8, 4) is 16.2 Å². The number of rotatable bonds is 7. The van der Waals surface area contributed by atoms with Gasteiger partial charge in [-0.05, 0) is 80.4 Å². The summed E-state index contributed by atoms with van der Waals surface area (Å²) in [6.45, 7) is 6.72. The van der Waals surface area contributed by atoms with E-state index in [4.69, 9.17) is 21.1 Å². The Morgan fingerprint density at radius 1 is 1.10 bits per heavy atom. The molecule has 0 bridgehead atoms. The highest BCUT2D eigenvalue weighted by Crippen LogP contribution is 2.37. The van der Waals surface area contributed by atoms with Gasteiger partial charge in [-0.15, -0.1) is 11.3 Å². The van der Waals surface area contributed by atoms with Crippen molar-refractivity contribution in [3.63, 3.8) is 0 Å². The fraction of sp³-hybridized carbons (Fsp3) is 0.240. The zero-order valence-electron chi connectivity index (χ0n) is 17.7. The molecule has 0 saturated heterocycles. The molecule has 0 aliphatic carbocycles. The fourth-order valence-corrected chi connectivity index (χ4v) is 4.88. The molecule has 2 aromatic carbocycles. The number of carbonyl (C=O) groups is 1. The number of hydrogen-bond acceptors (Lipinski definition) is 4. The van der Waals surface area contributed by atoms with E-state index in [2.05, 4.69) is 18.2 Å². The molecule has 0 atom stereocenters. The van der Waals surface area contributed by atoms with E-state index < -0.39 is 0 Å². The van der Waals surface area contributed by atoms with Crippen LogP contribution in [0.25, 0.3) is 20.7 Å². The summed E-state index contributed by atoms with van der Waals surface area (Å²) < 4.78 is 13.1. The first kappa shape index (κ1) is 21.5. The van der Waals surface area contributed by atoms with Gasteiger partial charge in [-0.2, -0.15) is 0 Å². The molecule has 6 heteroatoms. The van der Waals surface area contributed by atoms with Crippen LogP contribution in [-0.4, -0.2) is 23.2 Å². The van der Waals surface area contributed by atoms with E-state index in [-0.39, 0.29) is 12.1 Å². The first-order chi connectivity index (χ1) is 14.9. The molecule has 4 nitrogen and oxygen atoms in total. The second-order valence-electron chi connectivity index (χ2n) is 7.53. The van der Waals surface area contributed by atoms with E-state index in [0.29, 0.717) is 23.9 Å². The lowest BCUT2D eigenvalue weighted by Crippen LogP contribution is -2.12. The number of fused-ring (bicyclic) bond motifs is 1. The smallest absolute Gasteiger partial charge is 0.355 e. The van der Waals surface area contributed by atoms with Gasteiger partial charge in [0.05, 0.1) is 12.7 Å². The molecule has 0 amide bonds. The lowest BCUT2D eigenvalue weighted by Gasteiger charge is -2.10. The number of thiophene rings is 1. The van der Waals surface area contributed by atoms with E-state index in [9.17, 15) is 4.79 Å². The molecular formula is C25H24ClNO3S. The zero-order valence-corrected chi connectivity index (χ0v) is 19.3. The quantitative estimate of drug-likeness (QED) is 0.282. The highest BCUT2D eigenvalue weighted by molar-refractivity contribution is 7.22. The predicted octanol–water partition coefficient (Wildman–Crippen LogP) is 7.04. The van der Waals surface area contributed by atoms with Crippen LogP contribution < -0.4 is 4.74 Å². The number of aromatic nitrogens is 1. The molecule has 4 rings (SSSR count). The summed E-state index contributed by atoms with van der Waals surface area (Å²) >= 11 is 7.83. The maximum Gasteiger partial charge on any atom is 0.355 e. The van der Waals surface area contributed by atoms with E-state index >= 15 is 0 Å². The van der Waals surface area contributed by atoms with Crippen molar-refractivity contribution in [1.82, 2.24) is 4.57 Å².